The molecule has 1 saturated heterocycles. The summed E-state index contributed by atoms with van der Waals surface area (Å²) in [6, 6.07) is 22.6. The molecular formula is C28H24ClN3O2S. The van der Waals surface area contributed by atoms with E-state index in [0.717, 1.165) is 22.3 Å². The molecule has 176 valence electrons. The van der Waals surface area contributed by atoms with Gasteiger partial charge in [0.05, 0.1) is 10.9 Å². The summed E-state index contributed by atoms with van der Waals surface area (Å²) in [6.45, 7) is 5.71. The van der Waals surface area contributed by atoms with E-state index in [4.69, 9.17) is 11.6 Å². The Morgan fingerprint density at radius 3 is 2.37 bits per heavy atom. The molecule has 2 amide bonds. The molecule has 4 rings (SSSR count). The number of halogens is 1. The third-order valence-electron chi connectivity index (χ3n) is 5.91. The number of thioether (sulfide) groups is 1. The second kappa shape index (κ2) is 10.4. The van der Waals surface area contributed by atoms with Crippen molar-refractivity contribution in [3.8, 4) is 6.07 Å². The highest BCUT2D eigenvalue weighted by Crippen LogP contribution is 2.43. The highest BCUT2D eigenvalue weighted by molar-refractivity contribution is 8.05. The topological polar surface area (TPSA) is 73.2 Å². The number of hydrogen-bond acceptors (Lipinski definition) is 4. The Labute approximate surface area is 214 Å². The maximum atomic E-state index is 13.7. The Bertz CT molecular complexity index is 1390. The first-order valence-corrected chi connectivity index (χ1v) is 12.4. The molecule has 1 heterocycles. The minimum atomic E-state index is -0.547. The molecule has 0 saturated carbocycles. The summed E-state index contributed by atoms with van der Waals surface area (Å²) in [5, 5.41) is 13.3. The van der Waals surface area contributed by atoms with E-state index in [1.54, 1.807) is 6.07 Å². The molecular weight excluding hydrogens is 478 g/mol. The van der Waals surface area contributed by atoms with Crippen LogP contribution in [0, 0.1) is 32.1 Å². The van der Waals surface area contributed by atoms with Crippen LogP contribution in [-0.4, -0.2) is 17.1 Å². The molecule has 1 fully saturated rings. The standard InChI is InChI=1S/C28H24ClN3O2S/c1-17-12-13-20(14-22(17)29)15-25-27(34)32(24-11-7-5-9-19(24)3)28(35-25)21(16-30)26(33)31-23-10-6-4-8-18(23)2/h4-14,25H,15H2,1-3H3,(H,31,33). The lowest BCUT2D eigenvalue weighted by molar-refractivity contribution is -0.117. The number of aryl methyl sites for hydroxylation is 3. The zero-order valence-corrected chi connectivity index (χ0v) is 21.2. The Balaban J connectivity index is 1.76. The predicted molar refractivity (Wildman–Crippen MR) is 142 cm³/mol. The molecule has 3 aromatic rings. The number of para-hydroxylation sites is 2. The molecule has 5 nitrogen and oxygen atoms in total. The number of hydrogen-bond donors (Lipinski definition) is 1. The number of amides is 2. The van der Waals surface area contributed by atoms with Gasteiger partial charge in [0.2, 0.25) is 5.91 Å². The monoisotopic (exact) mass is 501 g/mol. The van der Waals surface area contributed by atoms with Crippen LogP contribution < -0.4 is 10.2 Å². The van der Waals surface area contributed by atoms with Gasteiger partial charge in [-0.25, -0.2) is 0 Å². The van der Waals surface area contributed by atoms with E-state index >= 15 is 0 Å². The van der Waals surface area contributed by atoms with Crippen molar-refractivity contribution in [3.05, 3.63) is 105 Å². The van der Waals surface area contributed by atoms with E-state index in [2.05, 4.69) is 11.4 Å². The van der Waals surface area contributed by atoms with Gasteiger partial charge in [0, 0.05) is 10.7 Å². The number of nitriles is 1. The van der Waals surface area contributed by atoms with Crippen LogP contribution in [0.15, 0.2) is 77.3 Å². The molecule has 1 aliphatic heterocycles. The third kappa shape index (κ3) is 5.12. The Kier molecular flexibility index (Phi) is 7.30. The van der Waals surface area contributed by atoms with Gasteiger partial charge in [0.25, 0.3) is 5.91 Å². The number of nitrogens with zero attached hydrogens (tertiary/aromatic N) is 2. The van der Waals surface area contributed by atoms with Crippen LogP contribution in [0.4, 0.5) is 11.4 Å². The minimum absolute atomic E-state index is 0.0979. The van der Waals surface area contributed by atoms with Crippen LogP contribution in [-0.2, 0) is 16.0 Å². The lowest BCUT2D eigenvalue weighted by Crippen LogP contribution is -2.31. The van der Waals surface area contributed by atoms with Crippen LogP contribution in [0.2, 0.25) is 5.02 Å². The first kappa shape index (κ1) is 24.6. The van der Waals surface area contributed by atoms with Crippen LogP contribution in [0.25, 0.3) is 0 Å². The van der Waals surface area contributed by atoms with Gasteiger partial charge in [-0.15, -0.1) is 0 Å². The van der Waals surface area contributed by atoms with E-state index < -0.39 is 11.2 Å². The van der Waals surface area contributed by atoms with Crippen LogP contribution in [0.1, 0.15) is 22.3 Å². The van der Waals surface area contributed by atoms with Gasteiger partial charge >= 0.3 is 0 Å². The summed E-state index contributed by atoms with van der Waals surface area (Å²) in [4.78, 5) is 28.4. The van der Waals surface area contributed by atoms with Gasteiger partial charge in [-0.2, -0.15) is 5.26 Å². The van der Waals surface area contributed by atoms with Crippen LogP contribution >= 0.6 is 23.4 Å². The van der Waals surface area contributed by atoms with Gasteiger partial charge in [-0.05, 0) is 67.6 Å². The van der Waals surface area contributed by atoms with E-state index in [1.165, 1.54) is 16.7 Å². The summed E-state index contributed by atoms with van der Waals surface area (Å²) < 4.78 is 0. The molecule has 0 radical (unpaired) electrons. The zero-order chi connectivity index (χ0) is 25.1. The number of nitrogens with one attached hydrogen (secondary N) is 1. The third-order valence-corrected chi connectivity index (χ3v) is 7.58. The molecule has 0 spiro atoms. The fourth-order valence-electron chi connectivity index (χ4n) is 3.90. The first-order chi connectivity index (χ1) is 16.8. The second-order valence-corrected chi connectivity index (χ2v) is 10.0. The van der Waals surface area contributed by atoms with Crippen molar-refractivity contribution >= 4 is 46.6 Å². The lowest BCUT2D eigenvalue weighted by atomic mass is 10.1. The van der Waals surface area contributed by atoms with Crippen molar-refractivity contribution in [1.82, 2.24) is 0 Å². The Hall–Kier alpha value is -3.53. The fourth-order valence-corrected chi connectivity index (χ4v) is 5.40. The molecule has 3 aromatic carbocycles. The SMILES string of the molecule is Cc1ccc(CC2SC(=C(C#N)C(=O)Nc3ccccc3C)N(c3ccccc3C)C2=O)cc1Cl. The van der Waals surface area contributed by atoms with E-state index in [9.17, 15) is 14.9 Å². The largest absolute Gasteiger partial charge is 0.321 e. The second-order valence-electron chi connectivity index (χ2n) is 8.42. The van der Waals surface area contributed by atoms with Gasteiger partial charge in [-0.3, -0.25) is 14.5 Å². The van der Waals surface area contributed by atoms with Crippen LogP contribution in [0.5, 0.6) is 0 Å². The average molecular weight is 502 g/mol. The molecule has 1 N–H and O–H groups in total. The molecule has 0 aromatic heterocycles. The van der Waals surface area contributed by atoms with Crippen LogP contribution in [0.3, 0.4) is 0 Å². The van der Waals surface area contributed by atoms with Crippen molar-refractivity contribution in [1.29, 1.82) is 5.26 Å². The van der Waals surface area contributed by atoms with Gasteiger partial charge in [-0.1, -0.05) is 71.9 Å². The Morgan fingerprint density at radius 1 is 1.03 bits per heavy atom. The quantitative estimate of drug-likeness (QED) is 0.327. The Morgan fingerprint density at radius 2 is 1.71 bits per heavy atom. The molecule has 1 unspecified atom stereocenters. The van der Waals surface area contributed by atoms with Gasteiger partial charge in [0.15, 0.2) is 0 Å². The van der Waals surface area contributed by atoms with E-state index in [1.807, 2.05) is 81.4 Å². The smallest absolute Gasteiger partial charge is 0.269 e. The summed E-state index contributed by atoms with van der Waals surface area (Å²) in [6.07, 6.45) is 0.424. The number of benzene rings is 3. The number of anilines is 2. The van der Waals surface area contributed by atoms with Gasteiger partial charge in [0.1, 0.15) is 16.7 Å². The van der Waals surface area contributed by atoms with Gasteiger partial charge < -0.3 is 5.32 Å². The van der Waals surface area contributed by atoms with Crippen molar-refractivity contribution in [2.45, 2.75) is 32.4 Å². The maximum absolute atomic E-state index is 13.7. The maximum Gasteiger partial charge on any atom is 0.269 e. The molecule has 1 aliphatic rings. The van der Waals surface area contributed by atoms with E-state index in [0.29, 0.717) is 27.8 Å². The highest BCUT2D eigenvalue weighted by atomic mass is 35.5. The fraction of sp³-hybridized carbons (Fsp3) is 0.179. The summed E-state index contributed by atoms with van der Waals surface area (Å²) in [5.41, 5.74) is 4.80. The molecule has 7 heteroatoms. The van der Waals surface area contributed by atoms with Crippen molar-refractivity contribution in [3.63, 3.8) is 0 Å². The normalized spacial score (nSPS) is 16.7. The number of rotatable bonds is 5. The predicted octanol–water partition coefficient (Wildman–Crippen LogP) is 6.33. The first-order valence-electron chi connectivity index (χ1n) is 11.1. The molecule has 0 aliphatic carbocycles. The average Bonchev–Trinajstić information content (AvgIpc) is 3.14. The number of carbonyl (C=O) groups is 2. The summed E-state index contributed by atoms with van der Waals surface area (Å²) >= 11 is 7.55. The molecule has 35 heavy (non-hydrogen) atoms. The molecule has 1 atom stereocenters. The van der Waals surface area contributed by atoms with Crippen molar-refractivity contribution in [2.24, 2.45) is 0 Å². The van der Waals surface area contributed by atoms with Crippen molar-refractivity contribution < 1.29 is 9.59 Å². The highest BCUT2D eigenvalue weighted by Gasteiger charge is 2.41. The van der Waals surface area contributed by atoms with Crippen molar-refractivity contribution in [2.75, 3.05) is 10.2 Å². The number of carbonyl (C=O) groups excluding carboxylic acids is 2. The summed E-state index contributed by atoms with van der Waals surface area (Å²) in [7, 11) is 0. The molecule has 0 bridgehead atoms. The van der Waals surface area contributed by atoms with E-state index in [-0.39, 0.29) is 11.5 Å². The minimum Gasteiger partial charge on any atom is -0.321 e. The zero-order valence-electron chi connectivity index (χ0n) is 19.6. The summed E-state index contributed by atoms with van der Waals surface area (Å²) in [5.74, 6) is -0.720. The lowest BCUT2D eigenvalue weighted by Gasteiger charge is -2.20.